The highest BCUT2D eigenvalue weighted by Gasteiger charge is 2.41. The summed E-state index contributed by atoms with van der Waals surface area (Å²) < 4.78 is 44.6. The Bertz CT molecular complexity index is 85.9. The summed E-state index contributed by atoms with van der Waals surface area (Å²) in [4.78, 5) is 1.97. The van der Waals surface area contributed by atoms with E-state index in [-0.39, 0.29) is 0 Å². The lowest BCUT2D eigenvalue weighted by molar-refractivity contribution is -0.385. The van der Waals surface area contributed by atoms with Crippen LogP contribution in [0.2, 0.25) is 0 Å². The molecule has 0 aliphatic carbocycles. The van der Waals surface area contributed by atoms with Gasteiger partial charge >= 0.3 is 6.11 Å². The van der Waals surface area contributed by atoms with Crippen molar-refractivity contribution < 1.29 is 27.7 Å². The summed E-state index contributed by atoms with van der Waals surface area (Å²) in [6.07, 6.45) is -7.17. The average Bonchev–Trinajstić information content (AvgIpc) is 1.86. The molecule has 6 heteroatoms. The van der Waals surface area contributed by atoms with Crippen LogP contribution < -0.4 is 0 Å². The van der Waals surface area contributed by atoms with E-state index >= 15 is 0 Å². The molecule has 0 radical (unpaired) electrons. The number of aliphatic hydroxyl groups is 1. The van der Waals surface area contributed by atoms with E-state index in [1.54, 1.807) is 0 Å². The van der Waals surface area contributed by atoms with E-state index in [0.29, 0.717) is 0 Å². The second-order valence-corrected chi connectivity index (χ2v) is 1.31. The Labute approximate surface area is 47.9 Å². The van der Waals surface area contributed by atoms with Crippen molar-refractivity contribution in [3.63, 3.8) is 0 Å². The third-order valence-electron chi connectivity index (χ3n) is 0.637. The number of rotatable bonds is 3. The summed E-state index contributed by atoms with van der Waals surface area (Å²) in [5.74, 6) is 0. The van der Waals surface area contributed by atoms with Crippen molar-refractivity contribution >= 4 is 0 Å². The van der Waals surface area contributed by atoms with Crippen LogP contribution in [0.3, 0.4) is 0 Å². The molecule has 0 aromatic heterocycles. The van der Waals surface area contributed by atoms with Crippen LogP contribution in [-0.2, 0) is 4.94 Å². The van der Waals surface area contributed by atoms with E-state index in [9.17, 15) is 17.7 Å². The number of hydrogen-bond donors (Lipinski definition) is 1. The minimum atomic E-state index is -4.44. The van der Waals surface area contributed by atoms with E-state index in [4.69, 9.17) is 5.11 Å². The third-order valence-corrected chi connectivity index (χ3v) is 0.637. The molecule has 1 unspecified atom stereocenters. The summed E-state index contributed by atoms with van der Waals surface area (Å²) in [5, 5.41) is 7.90. The van der Waals surface area contributed by atoms with Gasteiger partial charge in [-0.3, -0.25) is 0 Å². The highest BCUT2D eigenvalue weighted by molar-refractivity contribution is 4.62. The van der Waals surface area contributed by atoms with Crippen molar-refractivity contribution in [1.82, 2.24) is 0 Å². The molecule has 0 amide bonds. The number of aliphatic hydroxyl groups excluding tert-OH is 1. The van der Waals surface area contributed by atoms with Gasteiger partial charge in [0.15, 0.2) is 6.10 Å². The van der Waals surface area contributed by atoms with Gasteiger partial charge in [0.1, 0.15) is 6.67 Å². The molecule has 56 valence electrons. The first-order valence-electron chi connectivity index (χ1n) is 1.96. The molecule has 0 spiro atoms. The number of hydrogen-bond acceptors (Lipinski definition) is 2. The van der Waals surface area contributed by atoms with Gasteiger partial charge in [0.2, 0.25) is 0 Å². The van der Waals surface area contributed by atoms with Gasteiger partial charge in [-0.1, -0.05) is 0 Å². The monoisotopic (exact) mass is 148 g/mol. The van der Waals surface area contributed by atoms with E-state index in [0.717, 1.165) is 0 Å². The summed E-state index contributed by atoms with van der Waals surface area (Å²) in [6, 6.07) is 0. The van der Waals surface area contributed by atoms with Gasteiger partial charge in [0.05, 0.1) is 0 Å². The number of alkyl halides is 3. The van der Waals surface area contributed by atoms with Crippen LogP contribution in [0.25, 0.3) is 0 Å². The van der Waals surface area contributed by atoms with E-state index in [1.807, 2.05) is 4.94 Å². The molecular weight excluding hydrogens is 144 g/mol. The largest absolute Gasteiger partial charge is 0.413 e. The fourth-order valence-corrected chi connectivity index (χ4v) is 0.141. The summed E-state index contributed by atoms with van der Waals surface area (Å²) >= 11 is 0. The topological polar surface area (TPSA) is 29.5 Å². The summed E-state index contributed by atoms with van der Waals surface area (Å²) in [7, 11) is 0. The fraction of sp³-hybridized carbons (Fsp3) is 1.00. The SMILES string of the molecule is OC(CF)C(F)(F)OF. The second-order valence-electron chi connectivity index (χ2n) is 1.31. The predicted octanol–water partition coefficient (Wildman–Crippen LogP) is 0.811. The van der Waals surface area contributed by atoms with Crippen molar-refractivity contribution in [3.8, 4) is 0 Å². The zero-order valence-electron chi connectivity index (χ0n) is 4.15. The Morgan fingerprint density at radius 3 is 2.11 bits per heavy atom. The van der Waals surface area contributed by atoms with Gasteiger partial charge in [0.25, 0.3) is 0 Å². The molecule has 0 aliphatic rings. The zero-order chi connectivity index (χ0) is 7.49. The highest BCUT2D eigenvalue weighted by atomic mass is 19.4. The first kappa shape index (κ1) is 8.64. The second kappa shape index (κ2) is 2.98. The normalized spacial score (nSPS) is 15.7. The summed E-state index contributed by atoms with van der Waals surface area (Å²) in [5.41, 5.74) is 0. The van der Waals surface area contributed by atoms with Crippen LogP contribution in [0.15, 0.2) is 0 Å². The molecule has 0 bridgehead atoms. The third kappa shape index (κ3) is 2.15. The van der Waals surface area contributed by atoms with E-state index in [2.05, 4.69) is 0 Å². The molecule has 0 saturated heterocycles. The van der Waals surface area contributed by atoms with Gasteiger partial charge in [-0.25, -0.2) is 4.39 Å². The smallest absolute Gasteiger partial charge is 0.381 e. The lowest BCUT2D eigenvalue weighted by Crippen LogP contribution is -2.35. The Morgan fingerprint density at radius 1 is 1.56 bits per heavy atom. The van der Waals surface area contributed by atoms with Gasteiger partial charge in [-0.15, -0.1) is 4.94 Å². The number of halogens is 4. The quantitative estimate of drug-likeness (QED) is 0.600. The van der Waals surface area contributed by atoms with Crippen LogP contribution in [0.5, 0.6) is 0 Å². The molecule has 0 saturated carbocycles. The van der Waals surface area contributed by atoms with E-state index in [1.165, 1.54) is 0 Å². The molecule has 1 atom stereocenters. The Hall–Kier alpha value is -0.360. The molecule has 0 fully saturated rings. The molecular formula is C3H4F4O2. The molecule has 0 heterocycles. The highest BCUT2D eigenvalue weighted by Crippen LogP contribution is 2.20. The maximum absolute atomic E-state index is 11.5. The van der Waals surface area contributed by atoms with Gasteiger partial charge in [-0.2, -0.15) is 8.78 Å². The summed E-state index contributed by atoms with van der Waals surface area (Å²) in [6.45, 7) is -1.75. The average molecular weight is 148 g/mol. The molecule has 0 aliphatic heterocycles. The minimum absolute atomic E-state index is 1.75. The molecule has 1 N–H and O–H groups in total. The van der Waals surface area contributed by atoms with Crippen molar-refractivity contribution in [3.05, 3.63) is 0 Å². The first-order chi connectivity index (χ1) is 4.04. The lowest BCUT2D eigenvalue weighted by atomic mass is 10.4. The first-order valence-corrected chi connectivity index (χ1v) is 1.96. The Balaban J connectivity index is 3.80. The molecule has 9 heavy (non-hydrogen) atoms. The standard InChI is InChI=1S/C3H4F4O2/c4-1-2(8)3(5,6)9-7/h2,8H,1H2. The van der Waals surface area contributed by atoms with Crippen LogP contribution >= 0.6 is 0 Å². The lowest BCUT2D eigenvalue weighted by Gasteiger charge is -2.13. The maximum Gasteiger partial charge on any atom is 0.413 e. The molecule has 2 nitrogen and oxygen atoms in total. The van der Waals surface area contributed by atoms with Gasteiger partial charge < -0.3 is 5.11 Å². The van der Waals surface area contributed by atoms with Crippen LogP contribution in [0, 0.1) is 0 Å². The van der Waals surface area contributed by atoms with Crippen molar-refractivity contribution in [1.29, 1.82) is 0 Å². The predicted molar refractivity (Wildman–Crippen MR) is 19.1 cm³/mol. The van der Waals surface area contributed by atoms with Gasteiger partial charge in [-0.05, 0) is 4.53 Å². The Kier molecular flexibility index (Phi) is 2.86. The van der Waals surface area contributed by atoms with Crippen molar-refractivity contribution in [2.45, 2.75) is 12.2 Å². The van der Waals surface area contributed by atoms with Crippen molar-refractivity contribution in [2.24, 2.45) is 0 Å². The molecule has 0 rings (SSSR count). The van der Waals surface area contributed by atoms with Crippen LogP contribution in [-0.4, -0.2) is 24.0 Å². The van der Waals surface area contributed by atoms with E-state index < -0.39 is 18.9 Å². The van der Waals surface area contributed by atoms with Crippen LogP contribution in [0.1, 0.15) is 0 Å². The fourth-order valence-electron chi connectivity index (χ4n) is 0.141. The molecule has 0 aromatic carbocycles. The van der Waals surface area contributed by atoms with Crippen LogP contribution in [0.4, 0.5) is 17.7 Å². The zero-order valence-corrected chi connectivity index (χ0v) is 4.15. The maximum atomic E-state index is 11.5. The van der Waals surface area contributed by atoms with Gasteiger partial charge in [0, 0.05) is 0 Å². The van der Waals surface area contributed by atoms with Crippen molar-refractivity contribution in [2.75, 3.05) is 6.67 Å². The molecule has 0 aromatic rings. The Morgan fingerprint density at radius 2 is 2.00 bits per heavy atom. The minimum Gasteiger partial charge on any atom is -0.381 e.